The van der Waals surface area contributed by atoms with Crippen molar-refractivity contribution in [2.24, 2.45) is 11.8 Å². The zero-order chi connectivity index (χ0) is 27.6. The second kappa shape index (κ2) is 8.63. The van der Waals surface area contributed by atoms with Gasteiger partial charge in [-0.15, -0.1) is 0 Å². The number of phenols is 2. The highest BCUT2D eigenvalue weighted by atomic mass is 19.1. The number of amides is 3. The second-order valence-electron chi connectivity index (χ2n) is 9.83. The maximum atomic E-state index is 14.4. The summed E-state index contributed by atoms with van der Waals surface area (Å²) in [5, 5.41) is 25.6. The van der Waals surface area contributed by atoms with Crippen molar-refractivity contribution >= 4 is 35.1 Å². The van der Waals surface area contributed by atoms with Crippen LogP contribution in [0.1, 0.15) is 18.1 Å². The molecule has 4 atom stereocenters. The van der Waals surface area contributed by atoms with Crippen molar-refractivity contribution in [1.29, 1.82) is 0 Å². The highest BCUT2D eigenvalue weighted by Crippen LogP contribution is 2.54. The average Bonchev–Trinajstić information content (AvgIpc) is 3.46. The summed E-state index contributed by atoms with van der Waals surface area (Å²) in [4.78, 5) is 53.7. The highest BCUT2D eigenvalue weighted by Gasteiger charge is 2.70. The summed E-state index contributed by atoms with van der Waals surface area (Å²) in [6.45, 7) is 1.25. The first-order valence-electron chi connectivity index (χ1n) is 12.2. The van der Waals surface area contributed by atoms with Gasteiger partial charge in [-0.25, -0.2) is 9.29 Å². The number of carbonyl (C=O) groups is 4. The minimum Gasteiger partial charge on any atom is -0.504 e. The van der Waals surface area contributed by atoms with E-state index in [2.05, 4.69) is 10.6 Å². The quantitative estimate of drug-likeness (QED) is 0.174. The Kier molecular flexibility index (Phi) is 5.44. The zero-order valence-corrected chi connectivity index (χ0v) is 20.5. The van der Waals surface area contributed by atoms with Crippen LogP contribution < -0.4 is 20.3 Å². The van der Waals surface area contributed by atoms with Crippen LogP contribution >= 0.6 is 0 Å². The molecule has 3 aliphatic heterocycles. The standard InChI is InChI=1S/C28H22FN3O7/c1-13(33)39-17-6-4-16(5-7-17)32-25(36)23-20(10-14-2-9-21(34)22(35)11-14)31-28(24(23)26(32)37)18-12-15(29)3-8-19(18)30-27(28)38/h2-9,11-12,20,23-24,31,34-35H,10H2,1H3,(H,30,38)/t20?,23-,24+,28?/m1/s1. The van der Waals surface area contributed by atoms with E-state index in [0.29, 0.717) is 11.3 Å². The van der Waals surface area contributed by atoms with Crippen LogP contribution in [0.2, 0.25) is 0 Å². The molecule has 2 unspecified atom stereocenters. The fraction of sp³-hybridized carbons (Fsp3) is 0.214. The van der Waals surface area contributed by atoms with Gasteiger partial charge in [-0.2, -0.15) is 0 Å². The number of phenolic OH excluding ortho intramolecular Hbond substituents is 2. The van der Waals surface area contributed by atoms with Crippen LogP contribution in [-0.2, 0) is 31.1 Å². The summed E-state index contributed by atoms with van der Waals surface area (Å²) in [5.74, 6) is -5.56. The minimum atomic E-state index is -1.72. The summed E-state index contributed by atoms with van der Waals surface area (Å²) in [7, 11) is 0. The maximum Gasteiger partial charge on any atom is 0.308 e. The SMILES string of the molecule is CC(=O)Oc1ccc(N2C(=O)[C@@H]3C(Cc4ccc(O)c(O)c4)NC4(C(=O)Nc5ccc(F)cc54)[C@@H]3C2=O)cc1. The van der Waals surface area contributed by atoms with Gasteiger partial charge in [-0.3, -0.25) is 24.5 Å². The molecule has 6 rings (SSSR count). The van der Waals surface area contributed by atoms with Crippen LogP contribution in [0.15, 0.2) is 60.7 Å². The molecule has 39 heavy (non-hydrogen) atoms. The maximum absolute atomic E-state index is 14.4. The fourth-order valence-corrected chi connectivity index (χ4v) is 5.98. The van der Waals surface area contributed by atoms with E-state index >= 15 is 0 Å². The molecule has 3 amide bonds. The number of ether oxygens (including phenoxy) is 1. The van der Waals surface area contributed by atoms with Gasteiger partial charge in [0.2, 0.25) is 17.7 Å². The molecule has 3 aromatic rings. The van der Waals surface area contributed by atoms with Crippen LogP contribution in [0.4, 0.5) is 15.8 Å². The van der Waals surface area contributed by atoms with Crippen molar-refractivity contribution in [1.82, 2.24) is 5.32 Å². The molecule has 2 saturated heterocycles. The van der Waals surface area contributed by atoms with E-state index in [0.717, 1.165) is 4.90 Å². The molecule has 3 aliphatic rings. The number of nitrogens with one attached hydrogen (secondary N) is 2. The first kappa shape index (κ1) is 24.6. The lowest BCUT2D eigenvalue weighted by Crippen LogP contribution is -2.53. The third kappa shape index (κ3) is 3.65. The monoisotopic (exact) mass is 531 g/mol. The molecule has 0 aliphatic carbocycles. The van der Waals surface area contributed by atoms with Gasteiger partial charge in [0, 0.05) is 24.2 Å². The molecule has 0 bridgehead atoms. The summed E-state index contributed by atoms with van der Waals surface area (Å²) in [5.41, 5.74) is -0.387. The van der Waals surface area contributed by atoms with Gasteiger partial charge in [-0.05, 0) is 66.6 Å². The summed E-state index contributed by atoms with van der Waals surface area (Å²) >= 11 is 0. The predicted octanol–water partition coefficient (Wildman–Crippen LogP) is 2.33. The molecule has 198 valence electrons. The molecular formula is C28H22FN3O7. The van der Waals surface area contributed by atoms with E-state index < -0.39 is 52.9 Å². The number of hydrogen-bond donors (Lipinski definition) is 4. The Balaban J connectivity index is 1.45. The number of benzene rings is 3. The number of esters is 1. The van der Waals surface area contributed by atoms with E-state index in [4.69, 9.17) is 4.74 Å². The largest absolute Gasteiger partial charge is 0.504 e. The predicted molar refractivity (Wildman–Crippen MR) is 134 cm³/mol. The van der Waals surface area contributed by atoms with Crippen molar-refractivity contribution in [3.63, 3.8) is 0 Å². The summed E-state index contributed by atoms with van der Waals surface area (Å²) < 4.78 is 19.5. The molecule has 2 fully saturated rings. The number of carbonyl (C=O) groups excluding carboxylic acids is 4. The van der Waals surface area contributed by atoms with Gasteiger partial charge >= 0.3 is 5.97 Å². The normalized spacial score (nSPS) is 25.1. The van der Waals surface area contributed by atoms with E-state index in [1.54, 1.807) is 6.07 Å². The van der Waals surface area contributed by atoms with Gasteiger partial charge in [-0.1, -0.05) is 6.07 Å². The van der Waals surface area contributed by atoms with Gasteiger partial charge in [0.25, 0.3) is 0 Å². The number of fused-ring (bicyclic) bond motifs is 4. The Labute approximate surface area is 221 Å². The van der Waals surface area contributed by atoms with Crippen LogP contribution in [-0.4, -0.2) is 39.9 Å². The Hall–Kier alpha value is -4.77. The first-order chi connectivity index (χ1) is 18.6. The second-order valence-corrected chi connectivity index (χ2v) is 9.83. The Morgan fingerprint density at radius 1 is 1.00 bits per heavy atom. The van der Waals surface area contributed by atoms with Crippen LogP contribution in [0.25, 0.3) is 0 Å². The lowest BCUT2D eigenvalue weighted by molar-refractivity contribution is -0.132. The molecule has 3 heterocycles. The van der Waals surface area contributed by atoms with Crippen molar-refractivity contribution in [2.45, 2.75) is 24.9 Å². The summed E-state index contributed by atoms with van der Waals surface area (Å²) in [6.07, 6.45) is 0.118. The number of anilines is 2. The van der Waals surface area contributed by atoms with E-state index in [1.807, 2.05) is 0 Å². The lowest BCUT2D eigenvalue weighted by Gasteiger charge is -2.29. The van der Waals surface area contributed by atoms with Crippen LogP contribution in [0.5, 0.6) is 17.2 Å². The molecule has 4 N–H and O–H groups in total. The van der Waals surface area contributed by atoms with Crippen molar-refractivity contribution < 1.29 is 38.5 Å². The van der Waals surface area contributed by atoms with E-state index in [1.165, 1.54) is 61.5 Å². The molecule has 0 radical (unpaired) electrons. The van der Waals surface area contributed by atoms with Crippen molar-refractivity contribution in [2.75, 3.05) is 10.2 Å². The van der Waals surface area contributed by atoms with Crippen molar-refractivity contribution in [3.8, 4) is 17.2 Å². The summed E-state index contributed by atoms with van der Waals surface area (Å²) in [6, 6.07) is 13.0. The Morgan fingerprint density at radius 3 is 2.44 bits per heavy atom. The smallest absolute Gasteiger partial charge is 0.308 e. The highest BCUT2D eigenvalue weighted by molar-refractivity contribution is 6.25. The Morgan fingerprint density at radius 2 is 1.74 bits per heavy atom. The topological polar surface area (TPSA) is 145 Å². The van der Waals surface area contributed by atoms with Crippen LogP contribution in [0.3, 0.4) is 0 Å². The zero-order valence-electron chi connectivity index (χ0n) is 20.5. The number of halogens is 1. The fourth-order valence-electron chi connectivity index (χ4n) is 5.98. The van der Waals surface area contributed by atoms with Gasteiger partial charge in [0.15, 0.2) is 11.5 Å². The molecule has 0 aromatic heterocycles. The molecule has 3 aromatic carbocycles. The number of rotatable bonds is 4. The number of aromatic hydroxyl groups is 2. The van der Waals surface area contributed by atoms with E-state index in [-0.39, 0.29) is 34.9 Å². The molecule has 1 spiro atoms. The van der Waals surface area contributed by atoms with E-state index in [9.17, 15) is 33.8 Å². The molecule has 10 nitrogen and oxygen atoms in total. The Bertz CT molecular complexity index is 1570. The lowest BCUT2D eigenvalue weighted by atomic mass is 9.76. The third-order valence-corrected chi connectivity index (χ3v) is 7.53. The number of imide groups is 1. The van der Waals surface area contributed by atoms with Gasteiger partial charge in [0.05, 0.1) is 17.5 Å². The number of nitrogens with zero attached hydrogens (tertiary/aromatic N) is 1. The van der Waals surface area contributed by atoms with Gasteiger partial charge < -0.3 is 20.3 Å². The number of hydrogen-bond acceptors (Lipinski definition) is 8. The van der Waals surface area contributed by atoms with Crippen LogP contribution in [0, 0.1) is 17.7 Å². The first-order valence-corrected chi connectivity index (χ1v) is 12.2. The average molecular weight is 531 g/mol. The minimum absolute atomic E-state index is 0.118. The third-order valence-electron chi connectivity index (χ3n) is 7.53. The van der Waals surface area contributed by atoms with Gasteiger partial charge in [0.1, 0.15) is 17.1 Å². The molecule has 11 heteroatoms. The van der Waals surface area contributed by atoms with Crippen molar-refractivity contribution in [3.05, 3.63) is 77.6 Å². The molecule has 0 saturated carbocycles. The molecular weight excluding hydrogens is 509 g/mol.